The van der Waals surface area contributed by atoms with Crippen LogP contribution in [-0.4, -0.2) is 96.0 Å². The number of carbonyl (C=O) groups is 2. The van der Waals surface area contributed by atoms with Gasteiger partial charge >= 0.3 is 0 Å². The van der Waals surface area contributed by atoms with Gasteiger partial charge in [-0.2, -0.15) is 5.10 Å². The zero-order valence-electron chi connectivity index (χ0n) is 17.3. The van der Waals surface area contributed by atoms with Gasteiger partial charge in [0.1, 0.15) is 0 Å². The summed E-state index contributed by atoms with van der Waals surface area (Å²) in [7, 11) is 1.77. The van der Waals surface area contributed by atoms with Crippen molar-refractivity contribution >= 4 is 29.0 Å². The first kappa shape index (κ1) is 20.6. The Labute approximate surface area is 175 Å². The molecular formula is C21H29N5O4. The Hall–Kier alpha value is -2.65. The van der Waals surface area contributed by atoms with Crippen molar-refractivity contribution in [2.75, 3.05) is 51.3 Å². The van der Waals surface area contributed by atoms with E-state index in [1.807, 2.05) is 6.07 Å². The number of aromatic amines is 1. The van der Waals surface area contributed by atoms with Crippen LogP contribution in [0.2, 0.25) is 0 Å². The summed E-state index contributed by atoms with van der Waals surface area (Å²) in [6.07, 6.45) is 3.47. The summed E-state index contributed by atoms with van der Waals surface area (Å²) < 4.78 is 5.49. The molecule has 2 aromatic rings. The van der Waals surface area contributed by atoms with Crippen LogP contribution < -0.4 is 4.90 Å². The van der Waals surface area contributed by atoms with Crippen LogP contribution in [0.15, 0.2) is 18.2 Å². The summed E-state index contributed by atoms with van der Waals surface area (Å²) in [4.78, 5) is 28.6. The van der Waals surface area contributed by atoms with Crippen LogP contribution in [0, 0.1) is 0 Å². The number of carboxylic acid groups (broad SMARTS) is 1. The highest BCUT2D eigenvalue weighted by Crippen LogP contribution is 2.29. The van der Waals surface area contributed by atoms with E-state index >= 15 is 0 Å². The van der Waals surface area contributed by atoms with Crippen LogP contribution in [0.3, 0.4) is 0 Å². The van der Waals surface area contributed by atoms with Crippen LogP contribution in [0.5, 0.6) is 0 Å². The number of piperidine rings is 1. The quantitative estimate of drug-likeness (QED) is 0.731. The van der Waals surface area contributed by atoms with Crippen LogP contribution in [0.25, 0.3) is 10.9 Å². The third kappa shape index (κ3) is 3.99. The molecule has 30 heavy (non-hydrogen) atoms. The maximum atomic E-state index is 13.3. The minimum Gasteiger partial charge on any atom is -0.483 e. The summed E-state index contributed by atoms with van der Waals surface area (Å²) >= 11 is 0. The maximum absolute atomic E-state index is 13.3. The molecule has 0 unspecified atom stereocenters. The van der Waals surface area contributed by atoms with Gasteiger partial charge in [-0.05, 0) is 37.5 Å². The summed E-state index contributed by atoms with van der Waals surface area (Å²) in [5, 5.41) is 15.3. The van der Waals surface area contributed by atoms with Gasteiger partial charge in [-0.3, -0.25) is 14.7 Å². The molecule has 0 spiro atoms. The molecule has 9 nitrogen and oxygen atoms in total. The van der Waals surface area contributed by atoms with E-state index in [0.29, 0.717) is 11.7 Å². The predicted octanol–water partition coefficient (Wildman–Crippen LogP) is 1.41. The van der Waals surface area contributed by atoms with E-state index in [1.165, 1.54) is 0 Å². The number of methoxy groups -OCH3 is 1. The smallest absolute Gasteiger partial charge is 0.290 e. The second-order valence-corrected chi connectivity index (χ2v) is 8.07. The number of ether oxygens (including phenoxy) is 1. The first-order chi connectivity index (χ1) is 14.6. The lowest BCUT2D eigenvalue weighted by Crippen LogP contribution is -2.41. The molecule has 0 aliphatic carbocycles. The molecule has 4 aliphatic heterocycles. The summed E-state index contributed by atoms with van der Waals surface area (Å²) in [5.41, 5.74) is 2.63. The van der Waals surface area contributed by atoms with Crippen LogP contribution in [0.4, 0.5) is 5.69 Å². The lowest BCUT2D eigenvalue weighted by atomic mass is 10.0. The molecule has 5 heterocycles. The Morgan fingerprint density at radius 2 is 1.97 bits per heavy atom. The zero-order chi connectivity index (χ0) is 21.1. The molecule has 4 saturated heterocycles. The monoisotopic (exact) mass is 415 g/mol. The molecule has 6 rings (SSSR count). The number of nitrogens with zero attached hydrogens (tertiary/aromatic N) is 4. The summed E-state index contributed by atoms with van der Waals surface area (Å²) in [6, 6.07) is 6.61. The minimum atomic E-state index is -0.250. The Morgan fingerprint density at radius 3 is 2.67 bits per heavy atom. The second-order valence-electron chi connectivity index (χ2n) is 8.07. The van der Waals surface area contributed by atoms with Crippen molar-refractivity contribution < 1.29 is 19.4 Å². The number of fused-ring (bicyclic) bond motifs is 5. The first-order valence-electron chi connectivity index (χ1n) is 10.5. The fraction of sp³-hybridized carbons (Fsp3) is 0.571. The number of amides is 1. The van der Waals surface area contributed by atoms with Crippen molar-refractivity contribution in [1.82, 2.24) is 20.0 Å². The van der Waals surface area contributed by atoms with Gasteiger partial charge < -0.3 is 24.5 Å². The fourth-order valence-electron chi connectivity index (χ4n) is 4.81. The van der Waals surface area contributed by atoms with Crippen LogP contribution >= 0.6 is 0 Å². The molecule has 1 amide bonds. The number of hydrogen-bond donors (Lipinski definition) is 2. The molecule has 162 valence electrons. The van der Waals surface area contributed by atoms with Gasteiger partial charge in [0.15, 0.2) is 5.69 Å². The van der Waals surface area contributed by atoms with E-state index in [4.69, 9.17) is 14.6 Å². The molecule has 0 saturated carbocycles. The number of H-pyrrole nitrogens is 1. The number of aromatic nitrogens is 2. The topological polar surface area (TPSA) is 102 Å². The van der Waals surface area contributed by atoms with Crippen molar-refractivity contribution in [1.29, 1.82) is 0 Å². The molecule has 4 fully saturated rings. The number of anilines is 1. The molecular weight excluding hydrogens is 386 g/mol. The van der Waals surface area contributed by atoms with E-state index in [-0.39, 0.29) is 18.5 Å². The standard InChI is InChI=1S/C20H27N5O2.CH2O2/c1-27-16-6-9-24(13-16)15-2-3-18-17(12-15)19(22-21-18)20(26)25-11-10-23-7-4-14(25)5-8-23;2-1-3/h2-3,12,14,16H,4-11,13H2,1H3,(H,21,22);1H,(H,2,3)/t16-;/m1./s1. The average Bonchev–Trinajstić information content (AvgIpc) is 3.31. The van der Waals surface area contributed by atoms with Gasteiger partial charge in [0, 0.05) is 63.5 Å². The van der Waals surface area contributed by atoms with Gasteiger partial charge in [-0.15, -0.1) is 0 Å². The van der Waals surface area contributed by atoms with Crippen molar-refractivity contribution in [3.05, 3.63) is 23.9 Å². The maximum Gasteiger partial charge on any atom is 0.290 e. The highest BCUT2D eigenvalue weighted by atomic mass is 16.5. The molecule has 0 radical (unpaired) electrons. The molecule has 4 aliphatic rings. The lowest BCUT2D eigenvalue weighted by Gasteiger charge is -2.31. The average molecular weight is 415 g/mol. The second kappa shape index (κ2) is 9.01. The zero-order valence-corrected chi connectivity index (χ0v) is 17.3. The van der Waals surface area contributed by atoms with Crippen LogP contribution in [0.1, 0.15) is 29.8 Å². The van der Waals surface area contributed by atoms with E-state index in [2.05, 4.69) is 37.0 Å². The number of benzene rings is 1. The Morgan fingerprint density at radius 1 is 1.20 bits per heavy atom. The van der Waals surface area contributed by atoms with Gasteiger partial charge in [-0.25, -0.2) is 0 Å². The van der Waals surface area contributed by atoms with Gasteiger partial charge in [0.05, 0.1) is 11.6 Å². The number of rotatable bonds is 3. The summed E-state index contributed by atoms with van der Waals surface area (Å²) in [6.45, 7) is 5.62. The molecule has 1 atom stereocenters. The van der Waals surface area contributed by atoms with E-state index < -0.39 is 0 Å². The van der Waals surface area contributed by atoms with Gasteiger partial charge in [-0.1, -0.05) is 0 Å². The normalized spacial score (nSPS) is 25.7. The van der Waals surface area contributed by atoms with Crippen molar-refractivity contribution in [2.24, 2.45) is 0 Å². The Balaban J connectivity index is 0.000000687. The van der Waals surface area contributed by atoms with Crippen LogP contribution in [-0.2, 0) is 9.53 Å². The number of nitrogens with one attached hydrogen (secondary N) is 1. The number of carbonyl (C=O) groups excluding carboxylic acids is 1. The highest BCUT2D eigenvalue weighted by molar-refractivity contribution is 6.05. The molecule has 9 heteroatoms. The highest BCUT2D eigenvalue weighted by Gasteiger charge is 2.34. The van der Waals surface area contributed by atoms with Crippen molar-refractivity contribution in [2.45, 2.75) is 31.4 Å². The largest absolute Gasteiger partial charge is 0.483 e. The molecule has 1 aromatic heterocycles. The predicted molar refractivity (Wildman–Crippen MR) is 113 cm³/mol. The SMILES string of the molecule is CO[C@@H]1CCN(c2ccc3[nH]nc(C(=O)N4CCN5CCC4CC5)c3c2)C1.O=CO. The summed E-state index contributed by atoms with van der Waals surface area (Å²) in [5.74, 6) is 0.0725. The molecule has 2 bridgehead atoms. The molecule has 2 N–H and O–H groups in total. The molecule has 1 aromatic carbocycles. The fourth-order valence-corrected chi connectivity index (χ4v) is 4.81. The lowest BCUT2D eigenvalue weighted by molar-refractivity contribution is -0.122. The van der Waals surface area contributed by atoms with Crippen molar-refractivity contribution in [3.63, 3.8) is 0 Å². The minimum absolute atomic E-state index is 0.0725. The van der Waals surface area contributed by atoms with Gasteiger partial charge in [0.25, 0.3) is 12.4 Å². The first-order valence-corrected chi connectivity index (χ1v) is 10.5. The number of hydrogen-bond acceptors (Lipinski definition) is 6. The van der Waals surface area contributed by atoms with E-state index in [9.17, 15) is 4.79 Å². The Kier molecular flexibility index (Phi) is 6.19. The van der Waals surface area contributed by atoms with Gasteiger partial charge in [0.2, 0.25) is 0 Å². The van der Waals surface area contributed by atoms with Crippen molar-refractivity contribution in [3.8, 4) is 0 Å². The van der Waals surface area contributed by atoms with E-state index in [1.54, 1.807) is 7.11 Å². The third-order valence-corrected chi connectivity index (χ3v) is 6.51. The Bertz CT molecular complexity index is 893. The third-order valence-electron chi connectivity index (χ3n) is 6.51. The van der Waals surface area contributed by atoms with E-state index in [0.717, 1.165) is 75.1 Å².